The lowest BCUT2D eigenvalue weighted by Gasteiger charge is -2.04. The van der Waals surface area contributed by atoms with Crippen molar-refractivity contribution in [3.05, 3.63) is 60.5 Å². The standard InChI is InChI=1S/C14H10FN3O/c15-12-5-1-10(2-6-12)11-3-7-13(8-4-11)19-14-9-16-18-17-14/h1-9H,(H,16,17,18). The molecule has 1 N–H and O–H groups in total. The molecule has 0 saturated carbocycles. The highest BCUT2D eigenvalue weighted by Gasteiger charge is 2.01. The maximum Gasteiger partial charge on any atom is 0.258 e. The van der Waals surface area contributed by atoms with E-state index in [9.17, 15) is 4.39 Å². The maximum absolute atomic E-state index is 12.8. The van der Waals surface area contributed by atoms with Gasteiger partial charge in [0.25, 0.3) is 5.88 Å². The molecule has 0 atom stereocenters. The first-order chi connectivity index (χ1) is 9.31. The molecule has 4 nitrogen and oxygen atoms in total. The number of aromatic amines is 1. The van der Waals surface area contributed by atoms with E-state index in [2.05, 4.69) is 15.4 Å². The molecule has 0 saturated heterocycles. The van der Waals surface area contributed by atoms with Gasteiger partial charge in [-0.05, 0) is 35.4 Å². The number of ether oxygens (including phenoxy) is 1. The summed E-state index contributed by atoms with van der Waals surface area (Å²) in [7, 11) is 0. The fourth-order valence-electron chi connectivity index (χ4n) is 1.72. The molecule has 1 heterocycles. The summed E-state index contributed by atoms with van der Waals surface area (Å²) in [6.45, 7) is 0. The van der Waals surface area contributed by atoms with Crippen molar-refractivity contribution in [1.29, 1.82) is 0 Å². The average Bonchev–Trinajstić information content (AvgIpc) is 2.94. The van der Waals surface area contributed by atoms with Gasteiger partial charge in [0.15, 0.2) is 0 Å². The Kier molecular flexibility index (Phi) is 2.94. The van der Waals surface area contributed by atoms with E-state index in [0.717, 1.165) is 11.1 Å². The lowest BCUT2D eigenvalue weighted by molar-refractivity contribution is 0.461. The fourth-order valence-corrected chi connectivity index (χ4v) is 1.72. The van der Waals surface area contributed by atoms with E-state index in [1.165, 1.54) is 18.3 Å². The Balaban J connectivity index is 1.80. The number of aromatic nitrogens is 3. The molecule has 0 bridgehead atoms. The van der Waals surface area contributed by atoms with Crippen LogP contribution < -0.4 is 4.74 Å². The third-order valence-corrected chi connectivity index (χ3v) is 2.65. The topological polar surface area (TPSA) is 50.8 Å². The van der Waals surface area contributed by atoms with Gasteiger partial charge in [-0.2, -0.15) is 10.3 Å². The lowest BCUT2D eigenvalue weighted by Crippen LogP contribution is -1.85. The number of benzene rings is 2. The van der Waals surface area contributed by atoms with E-state index in [-0.39, 0.29) is 5.82 Å². The minimum Gasteiger partial charge on any atom is -0.436 e. The highest BCUT2D eigenvalue weighted by Crippen LogP contribution is 2.24. The van der Waals surface area contributed by atoms with Crippen LogP contribution >= 0.6 is 0 Å². The van der Waals surface area contributed by atoms with E-state index in [4.69, 9.17) is 4.74 Å². The molecule has 0 fully saturated rings. The Morgan fingerprint density at radius 1 is 0.895 bits per heavy atom. The second kappa shape index (κ2) is 4.89. The van der Waals surface area contributed by atoms with Crippen LogP contribution in [0.1, 0.15) is 0 Å². The molecule has 0 spiro atoms. The Bertz CT molecular complexity index is 648. The van der Waals surface area contributed by atoms with Crippen molar-refractivity contribution in [2.45, 2.75) is 0 Å². The largest absolute Gasteiger partial charge is 0.436 e. The Morgan fingerprint density at radius 3 is 2.11 bits per heavy atom. The van der Waals surface area contributed by atoms with E-state index in [0.29, 0.717) is 11.6 Å². The molecule has 0 radical (unpaired) electrons. The van der Waals surface area contributed by atoms with Gasteiger partial charge in [-0.15, -0.1) is 5.10 Å². The lowest BCUT2D eigenvalue weighted by atomic mass is 10.1. The van der Waals surface area contributed by atoms with Crippen LogP contribution in [0.25, 0.3) is 11.1 Å². The van der Waals surface area contributed by atoms with Crippen LogP contribution in [0.2, 0.25) is 0 Å². The van der Waals surface area contributed by atoms with Gasteiger partial charge in [0.05, 0.1) is 0 Å². The molecular formula is C14H10FN3O. The predicted molar refractivity (Wildman–Crippen MR) is 68.3 cm³/mol. The van der Waals surface area contributed by atoms with Gasteiger partial charge in [0.2, 0.25) is 0 Å². The molecule has 94 valence electrons. The highest BCUT2D eigenvalue weighted by molar-refractivity contribution is 5.64. The van der Waals surface area contributed by atoms with Gasteiger partial charge in [-0.3, -0.25) is 0 Å². The molecule has 0 aliphatic heterocycles. The molecule has 1 aromatic heterocycles. The summed E-state index contributed by atoms with van der Waals surface area (Å²) in [5.41, 5.74) is 1.95. The first-order valence-corrected chi connectivity index (χ1v) is 5.71. The summed E-state index contributed by atoms with van der Waals surface area (Å²) in [6, 6.07) is 13.8. The zero-order valence-corrected chi connectivity index (χ0v) is 9.88. The zero-order chi connectivity index (χ0) is 13.1. The van der Waals surface area contributed by atoms with Crippen LogP contribution in [0.5, 0.6) is 11.6 Å². The van der Waals surface area contributed by atoms with Gasteiger partial charge < -0.3 is 4.74 Å². The van der Waals surface area contributed by atoms with Crippen LogP contribution in [0.4, 0.5) is 4.39 Å². The molecule has 0 unspecified atom stereocenters. The summed E-state index contributed by atoms with van der Waals surface area (Å²) < 4.78 is 18.3. The number of hydrogen-bond donors (Lipinski definition) is 1. The van der Waals surface area contributed by atoms with Gasteiger partial charge in [-0.1, -0.05) is 24.3 Å². The van der Waals surface area contributed by atoms with E-state index >= 15 is 0 Å². The Morgan fingerprint density at radius 2 is 1.53 bits per heavy atom. The summed E-state index contributed by atoms with van der Waals surface area (Å²) >= 11 is 0. The molecule has 2 aromatic carbocycles. The summed E-state index contributed by atoms with van der Waals surface area (Å²) in [6.07, 6.45) is 1.49. The highest BCUT2D eigenvalue weighted by atomic mass is 19.1. The van der Waals surface area contributed by atoms with E-state index < -0.39 is 0 Å². The third kappa shape index (κ3) is 2.60. The first-order valence-electron chi connectivity index (χ1n) is 5.71. The Labute approximate surface area is 108 Å². The number of nitrogens with zero attached hydrogens (tertiary/aromatic N) is 2. The van der Waals surface area contributed by atoms with Gasteiger partial charge in [0, 0.05) is 0 Å². The van der Waals surface area contributed by atoms with Crippen LogP contribution in [-0.2, 0) is 0 Å². The van der Waals surface area contributed by atoms with Gasteiger partial charge in [-0.25, -0.2) is 4.39 Å². The molecule has 5 heteroatoms. The molecule has 0 amide bonds. The van der Waals surface area contributed by atoms with Crippen molar-refractivity contribution in [2.24, 2.45) is 0 Å². The van der Waals surface area contributed by atoms with Gasteiger partial charge >= 0.3 is 0 Å². The second-order valence-corrected chi connectivity index (χ2v) is 3.94. The number of nitrogens with one attached hydrogen (secondary N) is 1. The number of hydrogen-bond acceptors (Lipinski definition) is 3. The summed E-state index contributed by atoms with van der Waals surface area (Å²) in [5.74, 6) is 0.837. The van der Waals surface area contributed by atoms with Crippen LogP contribution in [0, 0.1) is 5.82 Å². The normalized spacial score (nSPS) is 10.4. The minimum atomic E-state index is -0.241. The minimum absolute atomic E-state index is 0.241. The Hall–Kier alpha value is -2.69. The summed E-state index contributed by atoms with van der Waals surface area (Å²) in [4.78, 5) is 0. The number of halogens is 1. The number of H-pyrrole nitrogens is 1. The van der Waals surface area contributed by atoms with Crippen molar-refractivity contribution in [1.82, 2.24) is 15.4 Å². The van der Waals surface area contributed by atoms with Crippen LogP contribution in [-0.4, -0.2) is 15.4 Å². The van der Waals surface area contributed by atoms with Crippen LogP contribution in [0.3, 0.4) is 0 Å². The monoisotopic (exact) mass is 255 g/mol. The smallest absolute Gasteiger partial charge is 0.258 e. The summed E-state index contributed by atoms with van der Waals surface area (Å²) in [5, 5.41) is 9.93. The van der Waals surface area contributed by atoms with Gasteiger partial charge in [0.1, 0.15) is 17.8 Å². The van der Waals surface area contributed by atoms with Crippen molar-refractivity contribution >= 4 is 0 Å². The molecule has 0 aliphatic carbocycles. The second-order valence-electron chi connectivity index (χ2n) is 3.94. The van der Waals surface area contributed by atoms with E-state index in [1.807, 2.05) is 24.3 Å². The zero-order valence-electron chi connectivity index (χ0n) is 9.88. The third-order valence-electron chi connectivity index (χ3n) is 2.65. The molecule has 0 aliphatic rings. The average molecular weight is 255 g/mol. The molecular weight excluding hydrogens is 245 g/mol. The SMILES string of the molecule is Fc1ccc(-c2ccc(Oc3cn[nH]n3)cc2)cc1. The van der Waals surface area contributed by atoms with Crippen molar-refractivity contribution < 1.29 is 9.13 Å². The van der Waals surface area contributed by atoms with E-state index in [1.54, 1.807) is 12.1 Å². The molecule has 19 heavy (non-hydrogen) atoms. The number of rotatable bonds is 3. The predicted octanol–water partition coefficient (Wildman–Crippen LogP) is 3.40. The first kappa shape index (κ1) is 11.4. The van der Waals surface area contributed by atoms with Crippen molar-refractivity contribution in [2.75, 3.05) is 0 Å². The fraction of sp³-hybridized carbons (Fsp3) is 0. The van der Waals surface area contributed by atoms with Crippen LogP contribution in [0.15, 0.2) is 54.7 Å². The quantitative estimate of drug-likeness (QED) is 0.780. The molecule has 3 aromatic rings. The van der Waals surface area contributed by atoms with Crippen molar-refractivity contribution in [3.8, 4) is 22.8 Å². The van der Waals surface area contributed by atoms with Crippen molar-refractivity contribution in [3.63, 3.8) is 0 Å². The maximum atomic E-state index is 12.8. The molecule has 3 rings (SSSR count).